The fraction of sp³-hybridized carbons (Fsp3) is 0.136. The van der Waals surface area contributed by atoms with E-state index in [1.807, 2.05) is 37.4 Å². The molecule has 0 aliphatic heterocycles. The normalized spacial score (nSPS) is 10.9. The highest BCUT2D eigenvalue weighted by molar-refractivity contribution is 5.95. The second kappa shape index (κ2) is 7.03. The molecule has 0 fully saturated rings. The van der Waals surface area contributed by atoms with Gasteiger partial charge in [0.25, 0.3) is 11.8 Å². The number of carbonyl (C=O) groups excluding carboxylic acids is 1. The summed E-state index contributed by atoms with van der Waals surface area (Å²) in [5, 5.41) is 6.13. The molecule has 1 amide bonds. The third-order valence-corrected chi connectivity index (χ3v) is 4.54. The molecule has 1 aromatic heterocycles. The summed E-state index contributed by atoms with van der Waals surface area (Å²) in [4.78, 5) is 18.7. The predicted molar refractivity (Wildman–Crippen MR) is 104 cm³/mol. The highest BCUT2D eigenvalue weighted by atomic mass is 16.5. The minimum atomic E-state index is -0.0313. The zero-order chi connectivity index (χ0) is 18.8. The van der Waals surface area contributed by atoms with Gasteiger partial charge in [-0.25, -0.2) is 0 Å². The van der Waals surface area contributed by atoms with Gasteiger partial charge in [-0.1, -0.05) is 47.6 Å². The molecule has 0 N–H and O–H groups in total. The van der Waals surface area contributed by atoms with Gasteiger partial charge in [0.15, 0.2) is 5.82 Å². The minimum absolute atomic E-state index is 0.0313. The number of fused-ring (bicyclic) bond motifs is 1. The molecule has 134 valence electrons. The molecule has 0 atom stereocenters. The maximum Gasteiger partial charge on any atom is 0.257 e. The first-order valence-corrected chi connectivity index (χ1v) is 8.74. The standard InChI is InChI=1S/C22H19N3O2/c1-15-23-21(27-24-15)17-10-12-18(13-11-17)22(26)25(2)14-19-8-5-7-16-6-3-4-9-20(16)19/h3-13H,14H2,1-2H3. The summed E-state index contributed by atoms with van der Waals surface area (Å²) in [6, 6.07) is 21.6. The summed E-state index contributed by atoms with van der Waals surface area (Å²) in [6.45, 7) is 2.32. The lowest BCUT2D eigenvalue weighted by molar-refractivity contribution is 0.0785. The second-order valence-electron chi connectivity index (χ2n) is 6.52. The molecule has 4 aromatic rings. The smallest absolute Gasteiger partial charge is 0.257 e. The molecule has 0 saturated heterocycles. The van der Waals surface area contributed by atoms with Gasteiger partial charge in [-0.05, 0) is 47.5 Å². The maximum atomic E-state index is 12.8. The van der Waals surface area contributed by atoms with Gasteiger partial charge in [0, 0.05) is 24.7 Å². The quantitative estimate of drug-likeness (QED) is 0.541. The number of benzene rings is 3. The van der Waals surface area contributed by atoms with Crippen LogP contribution in [-0.4, -0.2) is 28.0 Å². The third-order valence-electron chi connectivity index (χ3n) is 4.54. The van der Waals surface area contributed by atoms with Gasteiger partial charge in [-0.2, -0.15) is 4.98 Å². The Labute approximate surface area is 157 Å². The zero-order valence-corrected chi connectivity index (χ0v) is 15.2. The molecule has 0 aliphatic rings. The van der Waals surface area contributed by atoms with Gasteiger partial charge >= 0.3 is 0 Å². The van der Waals surface area contributed by atoms with E-state index >= 15 is 0 Å². The van der Waals surface area contributed by atoms with E-state index in [9.17, 15) is 4.79 Å². The number of hydrogen-bond acceptors (Lipinski definition) is 4. The fourth-order valence-electron chi connectivity index (χ4n) is 3.15. The van der Waals surface area contributed by atoms with Crippen LogP contribution in [-0.2, 0) is 6.54 Å². The van der Waals surface area contributed by atoms with E-state index in [2.05, 4.69) is 34.4 Å². The number of rotatable bonds is 4. The maximum absolute atomic E-state index is 12.8. The average molecular weight is 357 g/mol. The first kappa shape index (κ1) is 17.0. The molecule has 1 heterocycles. The first-order chi connectivity index (χ1) is 13.1. The largest absolute Gasteiger partial charge is 0.337 e. The number of carbonyl (C=O) groups is 1. The molecule has 0 radical (unpaired) electrons. The van der Waals surface area contributed by atoms with Crippen LogP contribution in [0.1, 0.15) is 21.7 Å². The topological polar surface area (TPSA) is 59.2 Å². The molecule has 5 heteroatoms. The molecule has 0 bridgehead atoms. The molecule has 0 saturated carbocycles. The van der Waals surface area contributed by atoms with E-state index in [0.29, 0.717) is 23.8 Å². The highest BCUT2D eigenvalue weighted by Crippen LogP contribution is 2.21. The SMILES string of the molecule is Cc1noc(-c2ccc(C(=O)N(C)Cc3cccc4ccccc34)cc2)n1. The van der Waals surface area contributed by atoms with Crippen molar-refractivity contribution in [2.75, 3.05) is 7.05 Å². The van der Waals surface area contributed by atoms with Crippen LogP contribution in [0.4, 0.5) is 0 Å². The Hall–Kier alpha value is -3.47. The van der Waals surface area contributed by atoms with E-state index in [1.54, 1.807) is 24.0 Å². The van der Waals surface area contributed by atoms with Crippen LogP contribution in [0.15, 0.2) is 71.3 Å². The van der Waals surface area contributed by atoms with Crippen LogP contribution in [0.2, 0.25) is 0 Å². The summed E-state index contributed by atoms with van der Waals surface area (Å²) in [5.74, 6) is 1.01. The van der Waals surface area contributed by atoms with Gasteiger partial charge in [-0.15, -0.1) is 0 Å². The molecule has 3 aromatic carbocycles. The summed E-state index contributed by atoms with van der Waals surface area (Å²) < 4.78 is 5.16. The van der Waals surface area contributed by atoms with E-state index in [0.717, 1.165) is 11.1 Å². The van der Waals surface area contributed by atoms with Crippen molar-refractivity contribution in [3.8, 4) is 11.5 Å². The van der Waals surface area contributed by atoms with Crippen molar-refractivity contribution in [3.05, 3.63) is 83.7 Å². The van der Waals surface area contributed by atoms with Gasteiger partial charge in [0.05, 0.1) is 0 Å². The van der Waals surface area contributed by atoms with Gasteiger partial charge < -0.3 is 9.42 Å². The van der Waals surface area contributed by atoms with Crippen molar-refractivity contribution in [3.63, 3.8) is 0 Å². The van der Waals surface area contributed by atoms with Crippen LogP contribution in [0.5, 0.6) is 0 Å². The van der Waals surface area contributed by atoms with Gasteiger partial charge in [-0.3, -0.25) is 4.79 Å². The highest BCUT2D eigenvalue weighted by Gasteiger charge is 2.14. The Kier molecular flexibility index (Phi) is 4.42. The van der Waals surface area contributed by atoms with Gasteiger partial charge in [0.2, 0.25) is 0 Å². The van der Waals surface area contributed by atoms with E-state index in [1.165, 1.54) is 10.8 Å². The summed E-state index contributed by atoms with van der Waals surface area (Å²) in [7, 11) is 1.82. The first-order valence-electron chi connectivity index (χ1n) is 8.74. The molecule has 0 spiro atoms. The fourth-order valence-corrected chi connectivity index (χ4v) is 3.15. The number of nitrogens with zero attached hydrogens (tertiary/aromatic N) is 3. The molecule has 0 unspecified atom stereocenters. The van der Waals surface area contributed by atoms with E-state index in [-0.39, 0.29) is 5.91 Å². The zero-order valence-electron chi connectivity index (χ0n) is 15.2. The molecule has 27 heavy (non-hydrogen) atoms. The van der Waals surface area contributed by atoms with Crippen molar-refractivity contribution >= 4 is 16.7 Å². The lowest BCUT2D eigenvalue weighted by atomic mass is 10.0. The number of aryl methyl sites for hydroxylation is 1. The van der Waals surface area contributed by atoms with Crippen LogP contribution in [0.25, 0.3) is 22.2 Å². The Morgan fingerprint density at radius 2 is 1.74 bits per heavy atom. The minimum Gasteiger partial charge on any atom is -0.337 e. The molecule has 4 rings (SSSR count). The Balaban J connectivity index is 1.53. The Morgan fingerprint density at radius 3 is 2.48 bits per heavy atom. The number of aromatic nitrogens is 2. The molecule has 5 nitrogen and oxygen atoms in total. The third kappa shape index (κ3) is 3.44. The van der Waals surface area contributed by atoms with Crippen molar-refractivity contribution in [2.24, 2.45) is 0 Å². The monoisotopic (exact) mass is 357 g/mol. The number of amides is 1. The van der Waals surface area contributed by atoms with Crippen molar-refractivity contribution in [2.45, 2.75) is 13.5 Å². The average Bonchev–Trinajstić information content (AvgIpc) is 3.14. The van der Waals surface area contributed by atoms with E-state index < -0.39 is 0 Å². The lowest BCUT2D eigenvalue weighted by Crippen LogP contribution is -2.26. The molecular weight excluding hydrogens is 338 g/mol. The number of hydrogen-bond donors (Lipinski definition) is 0. The van der Waals surface area contributed by atoms with E-state index in [4.69, 9.17) is 4.52 Å². The van der Waals surface area contributed by atoms with Crippen LogP contribution >= 0.6 is 0 Å². The second-order valence-corrected chi connectivity index (χ2v) is 6.52. The van der Waals surface area contributed by atoms with Crippen molar-refractivity contribution in [1.82, 2.24) is 15.0 Å². The molecule has 0 aliphatic carbocycles. The Bertz CT molecular complexity index is 1090. The summed E-state index contributed by atoms with van der Waals surface area (Å²) in [5.41, 5.74) is 2.54. The lowest BCUT2D eigenvalue weighted by Gasteiger charge is -2.18. The van der Waals surface area contributed by atoms with Crippen LogP contribution < -0.4 is 0 Å². The van der Waals surface area contributed by atoms with Crippen LogP contribution in [0.3, 0.4) is 0 Å². The molecular formula is C22H19N3O2. The predicted octanol–water partition coefficient (Wildman–Crippen LogP) is 4.47. The summed E-state index contributed by atoms with van der Waals surface area (Å²) >= 11 is 0. The van der Waals surface area contributed by atoms with Crippen molar-refractivity contribution < 1.29 is 9.32 Å². The Morgan fingerprint density at radius 1 is 1.00 bits per heavy atom. The van der Waals surface area contributed by atoms with Gasteiger partial charge in [0.1, 0.15) is 0 Å². The summed E-state index contributed by atoms with van der Waals surface area (Å²) in [6.07, 6.45) is 0. The van der Waals surface area contributed by atoms with Crippen LogP contribution in [0, 0.1) is 6.92 Å². The van der Waals surface area contributed by atoms with Crippen molar-refractivity contribution in [1.29, 1.82) is 0 Å².